The molecule has 0 radical (unpaired) electrons. The average molecular weight is 301 g/mol. The molecule has 0 atom stereocenters. The molecule has 0 aliphatic rings. The highest BCUT2D eigenvalue weighted by Crippen LogP contribution is 2.22. The van der Waals surface area contributed by atoms with Gasteiger partial charge in [-0.25, -0.2) is 9.97 Å². The van der Waals surface area contributed by atoms with Crippen molar-refractivity contribution in [3.8, 4) is 5.13 Å². The molecule has 110 valence electrons. The van der Waals surface area contributed by atoms with E-state index in [0.717, 1.165) is 41.1 Å². The minimum absolute atomic E-state index is 0.464. The minimum Gasteiger partial charge on any atom is -0.329 e. The van der Waals surface area contributed by atoms with Gasteiger partial charge in [0.2, 0.25) is 0 Å². The van der Waals surface area contributed by atoms with E-state index in [1.54, 1.807) is 17.1 Å². The van der Waals surface area contributed by atoms with Crippen LogP contribution < -0.4 is 5.49 Å². The molecular weight excluding hydrogens is 282 g/mol. The molecule has 0 saturated carbocycles. The molecule has 6 heteroatoms. The molecule has 3 aromatic heterocycles. The summed E-state index contributed by atoms with van der Waals surface area (Å²) in [4.78, 5) is 8.88. The summed E-state index contributed by atoms with van der Waals surface area (Å²) in [6.45, 7) is 7.33. The Balaban J connectivity index is 2.25. The summed E-state index contributed by atoms with van der Waals surface area (Å²) >= 11 is 1.51. The van der Waals surface area contributed by atoms with Crippen LogP contribution in [0.15, 0.2) is 17.9 Å². The van der Waals surface area contributed by atoms with Gasteiger partial charge in [0.25, 0.3) is 0 Å². The quantitative estimate of drug-likeness (QED) is 0.804. The zero-order valence-electron chi connectivity index (χ0n) is 12.6. The average Bonchev–Trinajstić information content (AvgIpc) is 3.07. The van der Waals surface area contributed by atoms with Crippen molar-refractivity contribution < 1.29 is 0 Å². The van der Waals surface area contributed by atoms with Crippen LogP contribution in [0.5, 0.6) is 0 Å². The number of thiazole rings is 1. The summed E-state index contributed by atoms with van der Waals surface area (Å²) in [5.41, 5.74) is 3.72. The molecular formula is C15H19N5S. The number of hydrogen-bond donors (Lipinski definition) is 1. The third-order valence-corrected chi connectivity index (χ3v) is 4.71. The topological polar surface area (TPSA) is 59.5 Å². The van der Waals surface area contributed by atoms with Crippen LogP contribution in [0.2, 0.25) is 0 Å². The Labute approximate surface area is 127 Å². The summed E-state index contributed by atoms with van der Waals surface area (Å²) in [6, 6.07) is 0. The lowest BCUT2D eigenvalue weighted by molar-refractivity contribution is 0.631. The highest BCUT2D eigenvalue weighted by atomic mass is 32.1. The molecule has 21 heavy (non-hydrogen) atoms. The number of aryl methyl sites for hydroxylation is 2. The van der Waals surface area contributed by atoms with Gasteiger partial charge in [0, 0.05) is 23.8 Å². The van der Waals surface area contributed by atoms with Crippen molar-refractivity contribution in [2.45, 2.75) is 40.2 Å². The predicted molar refractivity (Wildman–Crippen MR) is 85.0 cm³/mol. The number of aromatic nitrogens is 4. The van der Waals surface area contributed by atoms with E-state index in [2.05, 4.69) is 35.3 Å². The maximum Gasteiger partial charge on any atom is 0.196 e. The molecule has 5 nitrogen and oxygen atoms in total. The molecule has 0 saturated heterocycles. The fourth-order valence-electron chi connectivity index (χ4n) is 2.62. The van der Waals surface area contributed by atoms with E-state index in [1.165, 1.54) is 17.0 Å². The molecule has 0 fully saturated rings. The summed E-state index contributed by atoms with van der Waals surface area (Å²) in [7, 11) is 0. The molecule has 0 aliphatic carbocycles. The second kappa shape index (κ2) is 5.44. The smallest absolute Gasteiger partial charge is 0.196 e. The Bertz CT molecular complexity index is 826. The molecule has 3 rings (SSSR count). The van der Waals surface area contributed by atoms with E-state index in [-0.39, 0.29) is 0 Å². The number of hydrogen-bond acceptors (Lipinski definition) is 4. The SMILES string of the molecule is CCCCn1c(C)c(C)c2c(=N)n(-c3nccs3)cnc21. The molecule has 0 amide bonds. The maximum atomic E-state index is 8.52. The first kappa shape index (κ1) is 14.0. The van der Waals surface area contributed by atoms with Crippen LogP contribution in [0.3, 0.4) is 0 Å². The second-order valence-electron chi connectivity index (χ2n) is 5.19. The van der Waals surface area contributed by atoms with E-state index in [4.69, 9.17) is 5.41 Å². The fourth-order valence-corrected chi connectivity index (χ4v) is 3.24. The van der Waals surface area contributed by atoms with Gasteiger partial charge >= 0.3 is 0 Å². The van der Waals surface area contributed by atoms with Crippen LogP contribution in [0, 0.1) is 19.3 Å². The van der Waals surface area contributed by atoms with Crippen LogP contribution in [0.25, 0.3) is 16.2 Å². The summed E-state index contributed by atoms with van der Waals surface area (Å²) in [5, 5.41) is 12.1. The molecule has 1 N–H and O–H groups in total. The summed E-state index contributed by atoms with van der Waals surface area (Å²) in [6.07, 6.45) is 5.74. The second-order valence-corrected chi connectivity index (χ2v) is 6.07. The maximum absolute atomic E-state index is 8.52. The van der Waals surface area contributed by atoms with Gasteiger partial charge in [0.05, 0.1) is 5.39 Å². The van der Waals surface area contributed by atoms with Crippen LogP contribution >= 0.6 is 11.3 Å². The lowest BCUT2D eigenvalue weighted by atomic mass is 10.2. The molecule has 0 spiro atoms. The van der Waals surface area contributed by atoms with Gasteiger partial charge in [-0.15, -0.1) is 11.3 Å². The Kier molecular flexibility index (Phi) is 3.63. The molecule has 3 heterocycles. The normalized spacial score (nSPS) is 11.4. The Morgan fingerprint density at radius 1 is 1.29 bits per heavy atom. The van der Waals surface area contributed by atoms with Crippen molar-refractivity contribution in [1.82, 2.24) is 19.1 Å². The number of unbranched alkanes of at least 4 members (excludes halogenated alkanes) is 1. The van der Waals surface area contributed by atoms with Crippen molar-refractivity contribution >= 4 is 22.4 Å². The molecule has 0 bridgehead atoms. The standard InChI is InChI=1S/C15H19N5S/c1-4-5-7-19-11(3)10(2)12-13(16)20(9-18-14(12)19)15-17-6-8-21-15/h6,8-9,16H,4-5,7H2,1-3H3. The largest absolute Gasteiger partial charge is 0.329 e. The van der Waals surface area contributed by atoms with E-state index >= 15 is 0 Å². The number of nitrogens with one attached hydrogen (secondary N) is 1. The van der Waals surface area contributed by atoms with Gasteiger partial charge in [-0.1, -0.05) is 13.3 Å². The Hall–Kier alpha value is -1.95. The molecule has 3 aromatic rings. The molecule has 0 unspecified atom stereocenters. The summed E-state index contributed by atoms with van der Waals surface area (Å²) < 4.78 is 3.99. The third-order valence-electron chi connectivity index (χ3n) is 3.94. The Morgan fingerprint density at radius 2 is 2.10 bits per heavy atom. The number of rotatable bonds is 4. The first-order valence-corrected chi connectivity index (χ1v) is 8.04. The highest BCUT2D eigenvalue weighted by Gasteiger charge is 2.15. The van der Waals surface area contributed by atoms with E-state index in [1.807, 2.05) is 5.38 Å². The van der Waals surface area contributed by atoms with Crippen LogP contribution in [-0.4, -0.2) is 19.1 Å². The first-order chi connectivity index (χ1) is 10.1. The van der Waals surface area contributed by atoms with Gasteiger partial charge in [0.1, 0.15) is 17.5 Å². The monoisotopic (exact) mass is 301 g/mol. The first-order valence-electron chi connectivity index (χ1n) is 7.16. The van der Waals surface area contributed by atoms with Crippen molar-refractivity contribution in [3.63, 3.8) is 0 Å². The number of fused-ring (bicyclic) bond motifs is 1. The van der Waals surface area contributed by atoms with Gasteiger partial charge in [0.15, 0.2) is 5.13 Å². The van der Waals surface area contributed by atoms with Gasteiger partial charge < -0.3 is 4.57 Å². The molecule has 0 aliphatic heterocycles. The fraction of sp³-hybridized carbons (Fsp3) is 0.400. The van der Waals surface area contributed by atoms with E-state index in [0.29, 0.717) is 5.49 Å². The van der Waals surface area contributed by atoms with Gasteiger partial charge in [-0.05, 0) is 25.8 Å². The van der Waals surface area contributed by atoms with E-state index in [9.17, 15) is 0 Å². The van der Waals surface area contributed by atoms with Crippen molar-refractivity contribution in [1.29, 1.82) is 5.41 Å². The lowest BCUT2D eigenvalue weighted by Crippen LogP contribution is -2.19. The zero-order valence-corrected chi connectivity index (χ0v) is 13.4. The van der Waals surface area contributed by atoms with E-state index < -0.39 is 0 Å². The minimum atomic E-state index is 0.464. The Morgan fingerprint density at radius 3 is 2.76 bits per heavy atom. The number of nitrogens with zero attached hydrogens (tertiary/aromatic N) is 4. The van der Waals surface area contributed by atoms with Crippen molar-refractivity contribution in [3.05, 3.63) is 34.6 Å². The predicted octanol–water partition coefficient (Wildman–Crippen LogP) is 3.18. The third kappa shape index (κ3) is 2.19. The zero-order chi connectivity index (χ0) is 15.0. The summed E-state index contributed by atoms with van der Waals surface area (Å²) in [5.74, 6) is 0. The van der Waals surface area contributed by atoms with Gasteiger partial charge in [-0.3, -0.25) is 9.98 Å². The highest BCUT2D eigenvalue weighted by molar-refractivity contribution is 7.12. The molecule has 0 aromatic carbocycles. The van der Waals surface area contributed by atoms with Crippen LogP contribution in [0.4, 0.5) is 0 Å². The van der Waals surface area contributed by atoms with Crippen molar-refractivity contribution in [2.75, 3.05) is 0 Å². The van der Waals surface area contributed by atoms with Gasteiger partial charge in [-0.2, -0.15) is 0 Å². The van der Waals surface area contributed by atoms with Crippen LogP contribution in [0.1, 0.15) is 31.0 Å². The van der Waals surface area contributed by atoms with Crippen LogP contribution in [-0.2, 0) is 6.54 Å². The lowest BCUT2D eigenvalue weighted by Gasteiger charge is -2.07. The van der Waals surface area contributed by atoms with Crippen molar-refractivity contribution in [2.24, 2.45) is 0 Å².